The van der Waals surface area contributed by atoms with Crippen LogP contribution in [0.3, 0.4) is 0 Å². The third-order valence-corrected chi connectivity index (χ3v) is 4.29. The van der Waals surface area contributed by atoms with Crippen molar-refractivity contribution in [1.82, 2.24) is 10.6 Å². The van der Waals surface area contributed by atoms with Crippen molar-refractivity contribution in [2.45, 2.75) is 13.0 Å². The molecule has 0 radical (unpaired) electrons. The summed E-state index contributed by atoms with van der Waals surface area (Å²) in [7, 11) is 0. The van der Waals surface area contributed by atoms with E-state index in [0.717, 1.165) is 5.56 Å². The Bertz CT molecular complexity index is 928. The average Bonchev–Trinajstić information content (AvgIpc) is 2.68. The summed E-state index contributed by atoms with van der Waals surface area (Å²) in [6.45, 7) is 1.88. The molecule has 0 amide bonds. The smallest absolute Gasteiger partial charge is 0.338 e. The van der Waals surface area contributed by atoms with Gasteiger partial charge in [-0.15, -0.1) is 0 Å². The number of ether oxygens (including phenoxy) is 1. The molecule has 7 nitrogen and oxygen atoms in total. The molecule has 2 aromatic rings. The number of carbonyl (C=O) groups excluding carboxylic acids is 1. The monoisotopic (exact) mass is 383 g/mol. The number of hydrogen-bond donors (Lipinski definition) is 2. The van der Waals surface area contributed by atoms with Crippen LogP contribution in [0.15, 0.2) is 60.2 Å². The first-order valence-corrected chi connectivity index (χ1v) is 8.71. The quantitative estimate of drug-likeness (QED) is 0.355. The third kappa shape index (κ3) is 3.80. The summed E-state index contributed by atoms with van der Waals surface area (Å²) in [5, 5.41) is 17.7. The minimum Gasteiger partial charge on any atom is -0.463 e. The highest BCUT2D eigenvalue weighted by Gasteiger charge is 2.36. The molecule has 8 heteroatoms. The normalized spacial score (nSPS) is 16.3. The van der Waals surface area contributed by atoms with E-state index < -0.39 is 16.9 Å². The maximum absolute atomic E-state index is 12.8. The number of nitrogens with zero attached hydrogens (tertiary/aromatic N) is 1. The van der Waals surface area contributed by atoms with Crippen LogP contribution in [0.5, 0.6) is 0 Å². The molecule has 2 aromatic carbocycles. The maximum atomic E-state index is 12.8. The number of para-hydroxylation sites is 1. The predicted octanol–water partition coefficient (Wildman–Crippen LogP) is 3.09. The van der Waals surface area contributed by atoms with Gasteiger partial charge >= 0.3 is 5.97 Å². The summed E-state index contributed by atoms with van der Waals surface area (Å²) in [4.78, 5) is 23.8. The second-order valence-corrected chi connectivity index (χ2v) is 6.13. The lowest BCUT2D eigenvalue weighted by molar-refractivity contribution is -0.385. The zero-order valence-corrected chi connectivity index (χ0v) is 15.3. The molecule has 1 aliphatic rings. The Morgan fingerprint density at radius 2 is 1.85 bits per heavy atom. The van der Waals surface area contributed by atoms with Crippen molar-refractivity contribution in [1.29, 1.82) is 0 Å². The Morgan fingerprint density at radius 3 is 2.52 bits per heavy atom. The van der Waals surface area contributed by atoms with Crippen LogP contribution < -0.4 is 10.6 Å². The number of rotatable bonds is 5. The number of carbonyl (C=O) groups is 1. The Morgan fingerprint density at radius 1 is 1.19 bits per heavy atom. The molecule has 1 heterocycles. The number of nitro benzene ring substituents is 1. The molecule has 27 heavy (non-hydrogen) atoms. The van der Waals surface area contributed by atoms with E-state index in [2.05, 4.69) is 10.6 Å². The second-order valence-electron chi connectivity index (χ2n) is 5.72. The van der Waals surface area contributed by atoms with Crippen molar-refractivity contribution in [3.63, 3.8) is 0 Å². The Labute approximate surface area is 161 Å². The van der Waals surface area contributed by atoms with Gasteiger partial charge in [0.1, 0.15) is 0 Å². The molecular formula is C19H17N3O4S. The lowest BCUT2D eigenvalue weighted by Gasteiger charge is -2.31. The molecule has 0 aromatic heterocycles. The SMILES string of the molecule is CCOC(=O)C1=C(c2ccccc2)NC(=S)N[C@@H]1c1ccccc1[N+](=O)[O-]. The number of esters is 1. The van der Waals surface area contributed by atoms with E-state index in [4.69, 9.17) is 17.0 Å². The Balaban J connectivity index is 2.24. The number of nitro groups is 1. The molecule has 3 rings (SSSR count). The van der Waals surface area contributed by atoms with Crippen LogP contribution in [0.2, 0.25) is 0 Å². The summed E-state index contributed by atoms with van der Waals surface area (Å²) in [5.41, 5.74) is 1.68. The average molecular weight is 383 g/mol. The molecule has 0 saturated carbocycles. The molecule has 1 aliphatic heterocycles. The van der Waals surface area contributed by atoms with E-state index in [1.165, 1.54) is 6.07 Å². The molecule has 0 aliphatic carbocycles. The van der Waals surface area contributed by atoms with Gasteiger partial charge < -0.3 is 15.4 Å². The van der Waals surface area contributed by atoms with Crippen LogP contribution in [-0.4, -0.2) is 22.6 Å². The van der Waals surface area contributed by atoms with Crippen LogP contribution >= 0.6 is 12.2 Å². The Hall–Kier alpha value is -3.26. The number of hydrogen-bond acceptors (Lipinski definition) is 5. The van der Waals surface area contributed by atoms with E-state index in [-0.39, 0.29) is 23.0 Å². The largest absolute Gasteiger partial charge is 0.463 e. The van der Waals surface area contributed by atoms with Crippen molar-refractivity contribution in [3.8, 4) is 0 Å². The summed E-state index contributed by atoms with van der Waals surface area (Å²) in [6, 6.07) is 14.6. The third-order valence-electron chi connectivity index (χ3n) is 4.07. The highest BCUT2D eigenvalue weighted by atomic mass is 32.1. The van der Waals surface area contributed by atoms with Gasteiger partial charge in [0.05, 0.1) is 34.4 Å². The van der Waals surface area contributed by atoms with Crippen molar-refractivity contribution >= 4 is 34.7 Å². The van der Waals surface area contributed by atoms with Gasteiger partial charge in [0.15, 0.2) is 5.11 Å². The van der Waals surface area contributed by atoms with Crippen LogP contribution in [-0.2, 0) is 9.53 Å². The molecule has 0 fully saturated rings. The van der Waals surface area contributed by atoms with Crippen molar-refractivity contribution in [2.75, 3.05) is 6.61 Å². The lowest BCUT2D eigenvalue weighted by atomic mass is 9.92. The molecule has 1 atom stereocenters. The van der Waals surface area contributed by atoms with E-state index in [1.54, 1.807) is 25.1 Å². The zero-order valence-electron chi connectivity index (χ0n) is 14.5. The minimum absolute atomic E-state index is 0.103. The molecule has 0 saturated heterocycles. The fourth-order valence-electron chi connectivity index (χ4n) is 2.96. The second kappa shape index (κ2) is 7.96. The van der Waals surface area contributed by atoms with Crippen LogP contribution in [0, 0.1) is 10.1 Å². The van der Waals surface area contributed by atoms with Crippen LogP contribution in [0.4, 0.5) is 5.69 Å². The van der Waals surface area contributed by atoms with Gasteiger partial charge in [-0.2, -0.15) is 0 Å². The summed E-state index contributed by atoms with van der Waals surface area (Å²) in [5.74, 6) is -0.568. The highest BCUT2D eigenvalue weighted by Crippen LogP contribution is 2.35. The van der Waals surface area contributed by atoms with Gasteiger partial charge in [-0.05, 0) is 30.8 Å². The zero-order chi connectivity index (χ0) is 19.4. The molecular weight excluding hydrogens is 366 g/mol. The van der Waals surface area contributed by atoms with Crippen LogP contribution in [0.1, 0.15) is 24.1 Å². The molecule has 0 bridgehead atoms. The van der Waals surface area contributed by atoms with Crippen molar-refractivity contribution in [3.05, 3.63) is 81.4 Å². The minimum atomic E-state index is -0.811. The van der Waals surface area contributed by atoms with Crippen LogP contribution in [0.25, 0.3) is 5.70 Å². The standard InChI is InChI=1S/C19H17N3O4S/c1-2-26-18(23)15-16(12-8-4-3-5-9-12)20-19(27)21-17(15)13-10-6-7-11-14(13)22(24)25/h3-11,17H,2H2,1H3,(H2,20,21,27)/t17-/m1/s1. The van der Waals surface area contributed by atoms with Gasteiger partial charge in [-0.25, -0.2) is 4.79 Å². The fourth-order valence-corrected chi connectivity index (χ4v) is 3.18. The van der Waals surface area contributed by atoms with Gasteiger partial charge in [-0.1, -0.05) is 42.5 Å². The lowest BCUT2D eigenvalue weighted by Crippen LogP contribution is -2.45. The summed E-state index contributed by atoms with van der Waals surface area (Å²) < 4.78 is 5.23. The fraction of sp³-hybridized carbons (Fsp3) is 0.158. The molecule has 2 N–H and O–H groups in total. The first kappa shape index (κ1) is 18.5. The van der Waals surface area contributed by atoms with Crippen molar-refractivity contribution in [2.24, 2.45) is 0 Å². The molecule has 0 unspecified atom stereocenters. The predicted molar refractivity (Wildman–Crippen MR) is 105 cm³/mol. The topological polar surface area (TPSA) is 93.5 Å². The maximum Gasteiger partial charge on any atom is 0.338 e. The summed E-state index contributed by atoms with van der Waals surface area (Å²) in [6.07, 6.45) is 0. The first-order chi connectivity index (χ1) is 13.0. The summed E-state index contributed by atoms with van der Waals surface area (Å²) >= 11 is 5.29. The molecule has 0 spiro atoms. The number of nitrogens with one attached hydrogen (secondary N) is 2. The number of thiocarbonyl (C=S) groups is 1. The highest BCUT2D eigenvalue weighted by molar-refractivity contribution is 7.80. The number of benzene rings is 2. The van der Waals surface area contributed by atoms with Crippen molar-refractivity contribution < 1.29 is 14.5 Å². The molecule has 138 valence electrons. The van der Waals surface area contributed by atoms with Gasteiger partial charge in [0.25, 0.3) is 5.69 Å². The van der Waals surface area contributed by atoms with Gasteiger partial charge in [0.2, 0.25) is 0 Å². The van der Waals surface area contributed by atoms with Gasteiger partial charge in [-0.3, -0.25) is 10.1 Å². The Kier molecular flexibility index (Phi) is 5.46. The van der Waals surface area contributed by atoms with E-state index >= 15 is 0 Å². The van der Waals surface area contributed by atoms with Gasteiger partial charge in [0, 0.05) is 6.07 Å². The van der Waals surface area contributed by atoms with E-state index in [0.29, 0.717) is 11.3 Å². The first-order valence-electron chi connectivity index (χ1n) is 8.30. The van der Waals surface area contributed by atoms with E-state index in [1.807, 2.05) is 30.3 Å². The van der Waals surface area contributed by atoms with E-state index in [9.17, 15) is 14.9 Å².